The van der Waals surface area contributed by atoms with Gasteiger partial charge in [-0.15, -0.1) is 0 Å². The highest BCUT2D eigenvalue weighted by atomic mass is 16.5. The van der Waals surface area contributed by atoms with E-state index in [0.29, 0.717) is 0 Å². The lowest BCUT2D eigenvalue weighted by atomic mass is 10.00. The summed E-state index contributed by atoms with van der Waals surface area (Å²) in [4.78, 5) is 2.46. The highest BCUT2D eigenvalue weighted by Crippen LogP contribution is 2.19. The van der Waals surface area contributed by atoms with Crippen molar-refractivity contribution >= 4 is 0 Å². The van der Waals surface area contributed by atoms with Gasteiger partial charge < -0.3 is 14.8 Å². The number of ether oxygens (including phenoxy) is 2. The van der Waals surface area contributed by atoms with Gasteiger partial charge in [0, 0.05) is 38.4 Å². The van der Waals surface area contributed by atoms with Crippen molar-refractivity contribution in [3.63, 3.8) is 0 Å². The second-order valence-electron chi connectivity index (χ2n) is 5.26. The lowest BCUT2D eigenvalue weighted by molar-refractivity contribution is 0.0716. The fourth-order valence-corrected chi connectivity index (χ4v) is 2.53. The molecule has 0 radical (unpaired) electrons. The van der Waals surface area contributed by atoms with Crippen LogP contribution in [0.4, 0.5) is 0 Å². The topological polar surface area (TPSA) is 33.7 Å². The minimum Gasteiger partial charge on any atom is -0.380 e. The lowest BCUT2D eigenvalue weighted by Crippen LogP contribution is -2.49. The number of nitrogens with zero attached hydrogens (tertiary/aromatic N) is 1. The quantitative estimate of drug-likeness (QED) is 0.602. The molecular weight excluding hydrogens is 228 g/mol. The summed E-state index contributed by atoms with van der Waals surface area (Å²) in [5.74, 6) is 0. The first-order valence-electron chi connectivity index (χ1n) is 7.33. The van der Waals surface area contributed by atoms with Gasteiger partial charge in [0.2, 0.25) is 0 Å². The van der Waals surface area contributed by atoms with E-state index < -0.39 is 0 Å². The van der Waals surface area contributed by atoms with Gasteiger partial charge in [-0.25, -0.2) is 0 Å². The summed E-state index contributed by atoms with van der Waals surface area (Å²) >= 11 is 0. The molecule has 0 bridgehead atoms. The highest BCUT2D eigenvalue weighted by molar-refractivity contribution is 4.91. The third-order valence-corrected chi connectivity index (χ3v) is 3.54. The van der Waals surface area contributed by atoms with E-state index >= 15 is 0 Å². The zero-order chi connectivity index (χ0) is 13.3. The third-order valence-electron chi connectivity index (χ3n) is 3.54. The molecular formula is C14H30N2O2. The van der Waals surface area contributed by atoms with Gasteiger partial charge in [0.05, 0.1) is 13.2 Å². The maximum atomic E-state index is 5.46. The molecule has 4 heteroatoms. The number of hydrogen-bond donors (Lipinski definition) is 1. The summed E-state index contributed by atoms with van der Waals surface area (Å²) in [6.45, 7) is 13.9. The molecule has 1 saturated heterocycles. The Morgan fingerprint density at radius 3 is 2.17 bits per heavy atom. The Labute approximate surface area is 112 Å². The summed E-state index contributed by atoms with van der Waals surface area (Å²) in [6.07, 6.45) is 2.56. The molecule has 1 N–H and O–H groups in total. The third kappa shape index (κ3) is 6.14. The zero-order valence-corrected chi connectivity index (χ0v) is 12.3. The number of rotatable bonds is 10. The first-order valence-corrected chi connectivity index (χ1v) is 7.33. The van der Waals surface area contributed by atoms with Crippen LogP contribution in [0.5, 0.6) is 0 Å². The van der Waals surface area contributed by atoms with E-state index in [0.717, 1.165) is 52.6 Å². The molecule has 1 atom stereocenters. The average molecular weight is 258 g/mol. The van der Waals surface area contributed by atoms with Crippen LogP contribution >= 0.6 is 0 Å². The molecule has 1 heterocycles. The van der Waals surface area contributed by atoms with Gasteiger partial charge in [-0.2, -0.15) is 0 Å². The molecule has 1 aliphatic rings. The van der Waals surface area contributed by atoms with E-state index in [1.54, 1.807) is 0 Å². The van der Waals surface area contributed by atoms with Crippen LogP contribution in [0.15, 0.2) is 0 Å². The molecule has 0 saturated carbocycles. The number of hydrogen-bond acceptors (Lipinski definition) is 4. The van der Waals surface area contributed by atoms with Gasteiger partial charge in [-0.1, -0.05) is 0 Å². The molecule has 1 aliphatic heterocycles. The van der Waals surface area contributed by atoms with E-state index in [4.69, 9.17) is 9.47 Å². The largest absolute Gasteiger partial charge is 0.380 e. The summed E-state index contributed by atoms with van der Waals surface area (Å²) in [6, 6.07) is 0. The molecule has 4 nitrogen and oxygen atoms in total. The molecule has 0 aromatic carbocycles. The van der Waals surface area contributed by atoms with E-state index in [-0.39, 0.29) is 5.54 Å². The van der Waals surface area contributed by atoms with Crippen LogP contribution in [-0.2, 0) is 9.47 Å². The van der Waals surface area contributed by atoms with Gasteiger partial charge in [0.25, 0.3) is 0 Å². The normalized spacial score (nSPS) is 24.0. The predicted molar refractivity (Wildman–Crippen MR) is 75.1 cm³/mol. The first kappa shape index (κ1) is 15.9. The Hall–Kier alpha value is -0.160. The van der Waals surface area contributed by atoms with Crippen molar-refractivity contribution in [3.8, 4) is 0 Å². The second-order valence-corrected chi connectivity index (χ2v) is 5.26. The molecule has 1 unspecified atom stereocenters. The van der Waals surface area contributed by atoms with Gasteiger partial charge in [0.1, 0.15) is 0 Å². The van der Waals surface area contributed by atoms with E-state index in [2.05, 4.69) is 17.1 Å². The molecule has 1 fully saturated rings. The monoisotopic (exact) mass is 258 g/mol. The Morgan fingerprint density at radius 1 is 1.11 bits per heavy atom. The minimum atomic E-state index is 0.276. The fraction of sp³-hybridized carbons (Fsp3) is 1.00. The van der Waals surface area contributed by atoms with Crippen molar-refractivity contribution in [3.05, 3.63) is 0 Å². The summed E-state index contributed by atoms with van der Waals surface area (Å²) < 4.78 is 10.9. The van der Waals surface area contributed by atoms with E-state index in [1.807, 2.05) is 13.8 Å². The zero-order valence-electron chi connectivity index (χ0n) is 12.3. The van der Waals surface area contributed by atoms with Crippen LogP contribution in [0.2, 0.25) is 0 Å². The Balaban J connectivity index is 2.32. The minimum absolute atomic E-state index is 0.276. The Bertz CT molecular complexity index is 196. The van der Waals surface area contributed by atoms with Crippen LogP contribution in [0.1, 0.15) is 33.6 Å². The molecule has 0 aromatic rings. The molecule has 18 heavy (non-hydrogen) atoms. The van der Waals surface area contributed by atoms with Gasteiger partial charge >= 0.3 is 0 Å². The van der Waals surface area contributed by atoms with Gasteiger partial charge in [0.15, 0.2) is 0 Å². The van der Waals surface area contributed by atoms with Crippen LogP contribution in [0, 0.1) is 0 Å². The van der Waals surface area contributed by atoms with Crippen LogP contribution in [0.3, 0.4) is 0 Å². The van der Waals surface area contributed by atoms with Crippen molar-refractivity contribution in [2.75, 3.05) is 52.6 Å². The smallest absolute Gasteiger partial charge is 0.0593 e. The van der Waals surface area contributed by atoms with Crippen LogP contribution in [-0.4, -0.2) is 63.0 Å². The Kier molecular flexibility index (Phi) is 7.82. The molecule has 1 rings (SSSR count). The summed E-state index contributed by atoms with van der Waals surface area (Å²) in [5.41, 5.74) is 0.276. The van der Waals surface area contributed by atoms with Gasteiger partial charge in [-0.05, 0) is 40.2 Å². The van der Waals surface area contributed by atoms with Crippen LogP contribution in [0.25, 0.3) is 0 Å². The maximum Gasteiger partial charge on any atom is 0.0593 e. The first-order chi connectivity index (χ1) is 8.70. The van der Waals surface area contributed by atoms with Crippen molar-refractivity contribution in [1.82, 2.24) is 10.2 Å². The predicted octanol–water partition coefficient (Wildman–Crippen LogP) is 1.50. The van der Waals surface area contributed by atoms with E-state index in [9.17, 15) is 0 Å². The molecule has 0 aromatic heterocycles. The summed E-state index contributed by atoms with van der Waals surface area (Å²) in [5, 5.41) is 3.62. The SMILES string of the molecule is CCOCCN(CCOCC)CC1(C)CCCN1. The lowest BCUT2D eigenvalue weighted by Gasteiger charge is -2.32. The molecule has 0 amide bonds. The Morgan fingerprint density at radius 2 is 1.72 bits per heavy atom. The van der Waals surface area contributed by atoms with Gasteiger partial charge in [-0.3, -0.25) is 4.90 Å². The molecule has 108 valence electrons. The standard InChI is InChI=1S/C14H30N2O2/c1-4-17-11-9-16(10-12-18-5-2)13-14(3)7-6-8-15-14/h15H,4-13H2,1-3H3. The van der Waals surface area contributed by atoms with Crippen molar-refractivity contribution in [1.29, 1.82) is 0 Å². The number of nitrogens with one attached hydrogen (secondary N) is 1. The van der Waals surface area contributed by atoms with E-state index in [1.165, 1.54) is 12.8 Å². The molecule has 0 spiro atoms. The van der Waals surface area contributed by atoms with Crippen molar-refractivity contribution in [2.24, 2.45) is 0 Å². The second kappa shape index (κ2) is 8.86. The molecule has 0 aliphatic carbocycles. The van der Waals surface area contributed by atoms with Crippen molar-refractivity contribution < 1.29 is 9.47 Å². The fourth-order valence-electron chi connectivity index (χ4n) is 2.53. The highest BCUT2D eigenvalue weighted by Gasteiger charge is 2.29. The summed E-state index contributed by atoms with van der Waals surface area (Å²) in [7, 11) is 0. The van der Waals surface area contributed by atoms with Crippen molar-refractivity contribution in [2.45, 2.75) is 39.2 Å². The maximum absolute atomic E-state index is 5.46. The average Bonchev–Trinajstić information content (AvgIpc) is 2.76. The van der Waals surface area contributed by atoms with Crippen LogP contribution < -0.4 is 5.32 Å².